The van der Waals surface area contributed by atoms with E-state index in [0.717, 1.165) is 5.56 Å². The van der Waals surface area contributed by atoms with Crippen LogP contribution in [-0.4, -0.2) is 87.1 Å². The molecule has 0 amide bonds. The number of anilines is 1. The summed E-state index contributed by atoms with van der Waals surface area (Å²) in [6.45, 7) is 14.9. The van der Waals surface area contributed by atoms with E-state index in [1.807, 2.05) is 102 Å². The monoisotopic (exact) mass is 814 g/mol. The highest BCUT2D eigenvalue weighted by atomic mass is 28.4. The number of carbonyl (C=O) groups is 3. The minimum atomic E-state index is -3.04. The zero-order valence-corrected chi connectivity index (χ0v) is 36.4. The first-order valence-electron chi connectivity index (χ1n) is 19.3. The van der Waals surface area contributed by atoms with Gasteiger partial charge in [0.15, 0.2) is 25.5 Å². The molecule has 310 valence electrons. The number of aliphatic hydroxyl groups is 1. The lowest BCUT2D eigenvalue weighted by Gasteiger charge is -2.58. The van der Waals surface area contributed by atoms with Crippen LogP contribution in [0.2, 0.25) is 18.1 Å². The Morgan fingerprint density at radius 2 is 1.72 bits per heavy atom. The maximum Gasteiger partial charge on any atom is 0.514 e. The zero-order valence-electron chi connectivity index (χ0n) is 35.4. The summed E-state index contributed by atoms with van der Waals surface area (Å²) in [4.78, 5) is 51.1. The highest BCUT2D eigenvalue weighted by Gasteiger charge is 2.69. The number of hydrogen-bond donors (Lipinski definition) is 1. The average molecular weight is 815 g/mol. The topological polar surface area (TPSA) is 190 Å². The SMILES string of the molecule is CN(C)c1ccc(OC(=O)OC(C)(C)C)c2c1C[C@@]1(CN=[N+]=[N-])C[C@H]3[C@H](N(C)C)c4onc(OCc5ccccc5)c4C(=O)[C@@]3(O[Si](C)(C)C(C)(C)C)C(O)=C1C2=O. The fourth-order valence-electron chi connectivity index (χ4n) is 8.35. The first-order valence-corrected chi connectivity index (χ1v) is 22.2. The number of benzene rings is 2. The smallest absolute Gasteiger partial charge is 0.508 e. The molecule has 0 unspecified atom stereocenters. The van der Waals surface area contributed by atoms with Crippen molar-refractivity contribution in [2.45, 2.75) is 96.4 Å². The van der Waals surface area contributed by atoms with Crippen LogP contribution >= 0.6 is 0 Å². The molecule has 4 atom stereocenters. The number of ether oxygens (including phenoxy) is 3. The fraction of sp³-hybridized carbons (Fsp3) is 0.524. The van der Waals surface area contributed by atoms with Gasteiger partial charge in [-0.05, 0) is 99.8 Å². The molecule has 3 aromatic rings. The normalized spacial score (nSPS) is 23.0. The molecule has 0 spiro atoms. The first-order chi connectivity index (χ1) is 27.0. The van der Waals surface area contributed by atoms with Gasteiger partial charge in [-0.2, -0.15) is 0 Å². The quantitative estimate of drug-likeness (QED) is 0.0512. The second-order valence-electron chi connectivity index (χ2n) is 18.4. The van der Waals surface area contributed by atoms with Crippen LogP contribution < -0.4 is 14.4 Å². The van der Waals surface area contributed by atoms with Crippen molar-refractivity contribution in [3.8, 4) is 11.6 Å². The lowest BCUT2D eigenvalue weighted by Crippen LogP contribution is -2.66. The molecule has 2 aromatic carbocycles. The molecule has 0 fully saturated rings. The molecular formula is C42H54N6O9Si. The maximum atomic E-state index is 15.7. The molecule has 3 aliphatic rings. The van der Waals surface area contributed by atoms with Crippen LogP contribution in [0.1, 0.15) is 91.6 Å². The predicted molar refractivity (Wildman–Crippen MR) is 219 cm³/mol. The van der Waals surface area contributed by atoms with Crippen LogP contribution in [0.15, 0.2) is 63.4 Å². The molecule has 1 heterocycles. The lowest BCUT2D eigenvalue weighted by molar-refractivity contribution is -0.0590. The number of carbonyl (C=O) groups excluding carboxylic acids is 3. The third-order valence-electron chi connectivity index (χ3n) is 11.9. The molecule has 0 saturated carbocycles. The van der Waals surface area contributed by atoms with E-state index in [0.29, 0.717) is 11.3 Å². The molecule has 1 aromatic heterocycles. The van der Waals surface area contributed by atoms with Crippen molar-refractivity contribution < 1.29 is 42.6 Å². The van der Waals surface area contributed by atoms with E-state index in [-0.39, 0.29) is 60.1 Å². The summed E-state index contributed by atoms with van der Waals surface area (Å²) in [5.41, 5.74) is 7.24. The van der Waals surface area contributed by atoms with Gasteiger partial charge in [-0.3, -0.25) is 14.5 Å². The Morgan fingerprint density at radius 3 is 2.31 bits per heavy atom. The number of fused-ring (bicyclic) bond motifs is 4. The fourth-order valence-corrected chi connectivity index (χ4v) is 9.80. The second kappa shape index (κ2) is 14.9. The van der Waals surface area contributed by atoms with Gasteiger partial charge in [-0.1, -0.05) is 56.2 Å². The summed E-state index contributed by atoms with van der Waals surface area (Å²) in [5, 5.41) is 21.1. The summed E-state index contributed by atoms with van der Waals surface area (Å²) >= 11 is 0. The van der Waals surface area contributed by atoms with Gasteiger partial charge in [0.2, 0.25) is 5.78 Å². The van der Waals surface area contributed by atoms with E-state index in [1.54, 1.807) is 26.8 Å². The number of rotatable bonds is 10. The molecule has 16 heteroatoms. The molecule has 0 bridgehead atoms. The van der Waals surface area contributed by atoms with Crippen molar-refractivity contribution in [1.82, 2.24) is 10.1 Å². The number of aromatic nitrogens is 1. The number of azide groups is 1. The maximum absolute atomic E-state index is 15.7. The van der Waals surface area contributed by atoms with Gasteiger partial charge in [-0.15, -0.1) is 0 Å². The van der Waals surface area contributed by atoms with E-state index in [9.17, 15) is 15.4 Å². The van der Waals surface area contributed by atoms with Crippen LogP contribution in [0, 0.1) is 11.3 Å². The summed E-state index contributed by atoms with van der Waals surface area (Å²) in [6, 6.07) is 11.9. The highest BCUT2D eigenvalue weighted by Crippen LogP contribution is 2.63. The molecule has 0 aliphatic heterocycles. The number of ketones is 2. The minimum absolute atomic E-state index is 0.00628. The third-order valence-corrected chi connectivity index (χ3v) is 16.3. The van der Waals surface area contributed by atoms with Crippen LogP contribution in [0.5, 0.6) is 11.6 Å². The van der Waals surface area contributed by atoms with Crippen molar-refractivity contribution >= 4 is 31.7 Å². The van der Waals surface area contributed by atoms with Crippen molar-refractivity contribution in [3.05, 3.63) is 92.3 Å². The first kappa shape index (κ1) is 42.5. The minimum Gasteiger partial charge on any atom is -0.508 e. The summed E-state index contributed by atoms with van der Waals surface area (Å²) in [7, 11) is 4.26. The summed E-state index contributed by atoms with van der Waals surface area (Å²) in [5.74, 6) is -2.75. The Hall–Kier alpha value is -5.15. The number of hydrogen-bond acceptors (Lipinski definition) is 13. The van der Waals surface area contributed by atoms with Gasteiger partial charge >= 0.3 is 6.16 Å². The van der Waals surface area contributed by atoms with Gasteiger partial charge in [0, 0.05) is 48.1 Å². The second-order valence-corrected chi connectivity index (χ2v) is 23.2. The lowest BCUT2D eigenvalue weighted by atomic mass is 9.52. The van der Waals surface area contributed by atoms with Gasteiger partial charge in [0.1, 0.15) is 29.3 Å². The number of Topliss-reactive ketones (excluding diaryl/α,β-unsaturated/α-hetero) is 2. The standard InChI is InChI=1S/C42H54N6O9Si/c1-39(2,3)55-38(52)54-28-19-18-27(47(7)8)25-20-41(23-44-46-43)21-26-32(48(9)10)34-30(37(45-56-34)53-22-24-16-14-13-15-17-24)35(50)42(26,57-58(11,12)40(4,5)6)36(51)31(41)33(49)29(25)28/h13-19,26,32,51H,20-23H2,1-12H3/t26-,32-,41-,42+/m0/s1. The van der Waals surface area contributed by atoms with Gasteiger partial charge in [-0.25, -0.2) is 4.79 Å². The Labute approximate surface area is 340 Å². The van der Waals surface area contributed by atoms with Crippen LogP contribution in [-0.2, 0) is 22.2 Å². The predicted octanol–water partition coefficient (Wildman–Crippen LogP) is 8.76. The van der Waals surface area contributed by atoms with Crippen molar-refractivity contribution in [3.63, 3.8) is 0 Å². The van der Waals surface area contributed by atoms with Gasteiger partial charge < -0.3 is 33.2 Å². The largest absolute Gasteiger partial charge is 0.514 e. The molecule has 0 saturated heterocycles. The van der Waals surface area contributed by atoms with Crippen LogP contribution in [0.3, 0.4) is 0 Å². The molecule has 0 radical (unpaired) electrons. The number of aliphatic hydroxyl groups excluding tert-OH is 1. The Morgan fingerprint density at radius 1 is 1.05 bits per heavy atom. The molecule has 58 heavy (non-hydrogen) atoms. The Bertz CT molecular complexity index is 2210. The van der Waals surface area contributed by atoms with Crippen LogP contribution in [0.25, 0.3) is 10.4 Å². The summed E-state index contributed by atoms with van der Waals surface area (Å²) in [6.07, 6.45) is -0.907. The average Bonchev–Trinajstić information content (AvgIpc) is 3.53. The molecule has 15 nitrogen and oxygen atoms in total. The van der Waals surface area contributed by atoms with E-state index in [2.05, 4.69) is 15.2 Å². The molecular weight excluding hydrogens is 761 g/mol. The molecule has 3 aliphatic carbocycles. The van der Waals surface area contributed by atoms with E-state index in [1.165, 1.54) is 6.07 Å². The number of nitrogens with zero attached hydrogens (tertiary/aromatic N) is 6. The van der Waals surface area contributed by atoms with E-state index < -0.39 is 65.4 Å². The Balaban J connectivity index is 1.66. The van der Waals surface area contributed by atoms with E-state index >= 15 is 9.59 Å². The van der Waals surface area contributed by atoms with E-state index in [4.69, 9.17) is 23.2 Å². The van der Waals surface area contributed by atoms with Crippen molar-refractivity contribution in [2.75, 3.05) is 39.6 Å². The van der Waals surface area contributed by atoms with Gasteiger partial charge in [0.25, 0.3) is 5.88 Å². The van der Waals surface area contributed by atoms with Crippen molar-refractivity contribution in [1.29, 1.82) is 0 Å². The third kappa shape index (κ3) is 7.16. The molecule has 1 N–H and O–H groups in total. The molecule has 6 rings (SSSR count). The van der Waals surface area contributed by atoms with Crippen LogP contribution in [0.4, 0.5) is 10.5 Å². The highest BCUT2D eigenvalue weighted by molar-refractivity contribution is 6.74. The van der Waals surface area contributed by atoms with Gasteiger partial charge in [0.05, 0.1) is 11.6 Å². The van der Waals surface area contributed by atoms with Crippen molar-refractivity contribution in [2.24, 2.45) is 16.4 Å². The summed E-state index contributed by atoms with van der Waals surface area (Å²) < 4.78 is 30.7. The zero-order chi connectivity index (χ0) is 42.7. The Kier molecular flexibility index (Phi) is 10.9.